The molecule has 0 aliphatic carbocycles. The molecule has 0 aromatic carbocycles. The second kappa shape index (κ2) is 5.36. The third-order valence-corrected chi connectivity index (χ3v) is 3.18. The Kier molecular flexibility index (Phi) is 3.84. The standard InChI is InChI=1S/C13H21N3O/c1-11(2)16-9-3-5-12(16)13(17)15-8-4-6-14-7-10-15/h3,5,9,11,14H,4,6-8,10H2,1-2H3. The lowest BCUT2D eigenvalue weighted by Crippen LogP contribution is -2.35. The van der Waals surface area contributed by atoms with Crippen molar-refractivity contribution in [3.63, 3.8) is 0 Å². The number of rotatable bonds is 2. The van der Waals surface area contributed by atoms with Crippen LogP contribution in [0.5, 0.6) is 0 Å². The van der Waals surface area contributed by atoms with Crippen molar-refractivity contribution in [3.8, 4) is 0 Å². The van der Waals surface area contributed by atoms with Crippen LogP contribution in [0.4, 0.5) is 0 Å². The van der Waals surface area contributed by atoms with E-state index in [1.807, 2.05) is 27.8 Å². The number of nitrogens with one attached hydrogen (secondary N) is 1. The SMILES string of the molecule is CC(C)n1cccc1C(=O)N1CCCNCC1. The normalized spacial score (nSPS) is 17.2. The van der Waals surface area contributed by atoms with Crippen LogP contribution in [-0.4, -0.2) is 41.6 Å². The molecule has 1 aliphatic rings. The minimum absolute atomic E-state index is 0.160. The van der Waals surface area contributed by atoms with Crippen LogP contribution in [0, 0.1) is 0 Å². The van der Waals surface area contributed by atoms with Crippen LogP contribution in [0.1, 0.15) is 36.8 Å². The van der Waals surface area contributed by atoms with Crippen molar-refractivity contribution < 1.29 is 4.79 Å². The minimum Gasteiger partial charge on any atom is -0.341 e. The van der Waals surface area contributed by atoms with Crippen molar-refractivity contribution in [2.45, 2.75) is 26.3 Å². The molecule has 1 aromatic heterocycles. The zero-order valence-corrected chi connectivity index (χ0v) is 10.6. The van der Waals surface area contributed by atoms with Crippen molar-refractivity contribution >= 4 is 5.91 Å². The molecule has 2 heterocycles. The third kappa shape index (κ3) is 2.69. The molecule has 94 valence electrons. The highest BCUT2D eigenvalue weighted by Crippen LogP contribution is 2.13. The summed E-state index contributed by atoms with van der Waals surface area (Å²) in [7, 11) is 0. The summed E-state index contributed by atoms with van der Waals surface area (Å²) in [5.74, 6) is 0.160. The number of nitrogens with zero attached hydrogens (tertiary/aromatic N) is 2. The number of amides is 1. The molecular weight excluding hydrogens is 214 g/mol. The molecular formula is C13H21N3O. The molecule has 4 nitrogen and oxygen atoms in total. The van der Waals surface area contributed by atoms with E-state index in [1.165, 1.54) is 0 Å². The van der Waals surface area contributed by atoms with Gasteiger partial charge in [0.15, 0.2) is 0 Å². The Labute approximate surface area is 103 Å². The van der Waals surface area contributed by atoms with Gasteiger partial charge < -0.3 is 14.8 Å². The Morgan fingerprint density at radius 3 is 2.94 bits per heavy atom. The first kappa shape index (κ1) is 12.2. The molecule has 1 saturated heterocycles. The van der Waals surface area contributed by atoms with E-state index in [1.54, 1.807) is 0 Å². The number of hydrogen-bond donors (Lipinski definition) is 1. The van der Waals surface area contributed by atoms with E-state index in [0.717, 1.165) is 38.3 Å². The predicted octanol–water partition coefficient (Wildman–Crippen LogP) is 1.50. The van der Waals surface area contributed by atoms with E-state index in [0.29, 0.717) is 6.04 Å². The highest BCUT2D eigenvalue weighted by molar-refractivity contribution is 5.92. The van der Waals surface area contributed by atoms with Gasteiger partial charge in [0.1, 0.15) is 5.69 Å². The van der Waals surface area contributed by atoms with E-state index in [-0.39, 0.29) is 5.91 Å². The molecule has 2 rings (SSSR count). The van der Waals surface area contributed by atoms with Gasteiger partial charge in [-0.2, -0.15) is 0 Å². The van der Waals surface area contributed by atoms with Gasteiger partial charge in [0.05, 0.1) is 0 Å². The highest BCUT2D eigenvalue weighted by atomic mass is 16.2. The fraction of sp³-hybridized carbons (Fsp3) is 0.615. The lowest BCUT2D eigenvalue weighted by molar-refractivity contribution is 0.0754. The van der Waals surface area contributed by atoms with E-state index in [4.69, 9.17) is 0 Å². The second-order valence-corrected chi connectivity index (χ2v) is 4.79. The summed E-state index contributed by atoms with van der Waals surface area (Å²) in [6, 6.07) is 4.19. The van der Waals surface area contributed by atoms with Gasteiger partial charge in [0, 0.05) is 31.9 Å². The Morgan fingerprint density at radius 2 is 2.18 bits per heavy atom. The maximum atomic E-state index is 12.4. The average Bonchev–Trinajstić information content (AvgIpc) is 2.64. The van der Waals surface area contributed by atoms with Gasteiger partial charge in [0.2, 0.25) is 0 Å². The highest BCUT2D eigenvalue weighted by Gasteiger charge is 2.20. The first-order chi connectivity index (χ1) is 8.20. The van der Waals surface area contributed by atoms with Crippen molar-refractivity contribution in [1.29, 1.82) is 0 Å². The third-order valence-electron chi connectivity index (χ3n) is 3.18. The van der Waals surface area contributed by atoms with Gasteiger partial charge in [-0.3, -0.25) is 4.79 Å². The fourth-order valence-electron chi connectivity index (χ4n) is 2.24. The molecule has 0 unspecified atom stereocenters. The smallest absolute Gasteiger partial charge is 0.270 e. The average molecular weight is 235 g/mol. The topological polar surface area (TPSA) is 37.3 Å². The summed E-state index contributed by atoms with van der Waals surface area (Å²) in [4.78, 5) is 14.4. The van der Waals surface area contributed by atoms with Gasteiger partial charge in [-0.1, -0.05) is 0 Å². The molecule has 17 heavy (non-hydrogen) atoms. The summed E-state index contributed by atoms with van der Waals surface area (Å²) in [6.07, 6.45) is 3.02. The zero-order valence-electron chi connectivity index (χ0n) is 10.6. The van der Waals surface area contributed by atoms with Crippen LogP contribution < -0.4 is 5.32 Å². The summed E-state index contributed by atoms with van der Waals surface area (Å²) >= 11 is 0. The van der Waals surface area contributed by atoms with Gasteiger partial charge in [-0.15, -0.1) is 0 Å². The predicted molar refractivity (Wildman–Crippen MR) is 68.2 cm³/mol. The molecule has 0 atom stereocenters. The van der Waals surface area contributed by atoms with Gasteiger partial charge in [-0.25, -0.2) is 0 Å². The van der Waals surface area contributed by atoms with Gasteiger partial charge >= 0.3 is 0 Å². The van der Waals surface area contributed by atoms with E-state index in [2.05, 4.69) is 19.2 Å². The largest absolute Gasteiger partial charge is 0.341 e. The first-order valence-electron chi connectivity index (χ1n) is 6.37. The molecule has 0 saturated carbocycles. The number of aromatic nitrogens is 1. The molecule has 1 fully saturated rings. The Morgan fingerprint density at radius 1 is 1.35 bits per heavy atom. The Hall–Kier alpha value is -1.29. The number of carbonyl (C=O) groups excluding carboxylic acids is 1. The molecule has 4 heteroatoms. The number of carbonyl (C=O) groups is 1. The Bertz CT molecular complexity index is 376. The molecule has 0 radical (unpaired) electrons. The monoisotopic (exact) mass is 235 g/mol. The molecule has 1 amide bonds. The van der Waals surface area contributed by atoms with Crippen molar-refractivity contribution in [1.82, 2.24) is 14.8 Å². The Balaban J connectivity index is 2.15. The van der Waals surface area contributed by atoms with Crippen molar-refractivity contribution in [2.75, 3.05) is 26.2 Å². The van der Waals surface area contributed by atoms with Gasteiger partial charge in [0.25, 0.3) is 5.91 Å². The summed E-state index contributed by atoms with van der Waals surface area (Å²) < 4.78 is 2.04. The molecule has 0 bridgehead atoms. The van der Waals surface area contributed by atoms with Crippen LogP contribution >= 0.6 is 0 Å². The summed E-state index contributed by atoms with van der Waals surface area (Å²) in [5.41, 5.74) is 0.807. The summed E-state index contributed by atoms with van der Waals surface area (Å²) in [5, 5.41) is 3.31. The minimum atomic E-state index is 0.160. The quantitative estimate of drug-likeness (QED) is 0.843. The summed E-state index contributed by atoms with van der Waals surface area (Å²) in [6.45, 7) is 7.77. The van der Waals surface area contributed by atoms with E-state index in [9.17, 15) is 4.79 Å². The maximum Gasteiger partial charge on any atom is 0.270 e. The molecule has 1 aliphatic heterocycles. The number of hydrogen-bond acceptors (Lipinski definition) is 2. The van der Waals surface area contributed by atoms with Crippen LogP contribution in [0.2, 0.25) is 0 Å². The van der Waals surface area contributed by atoms with E-state index >= 15 is 0 Å². The second-order valence-electron chi connectivity index (χ2n) is 4.79. The molecule has 1 aromatic rings. The molecule has 0 spiro atoms. The fourth-order valence-corrected chi connectivity index (χ4v) is 2.24. The van der Waals surface area contributed by atoms with Crippen molar-refractivity contribution in [3.05, 3.63) is 24.0 Å². The first-order valence-corrected chi connectivity index (χ1v) is 6.37. The van der Waals surface area contributed by atoms with E-state index < -0.39 is 0 Å². The van der Waals surface area contributed by atoms with Crippen LogP contribution in [0.25, 0.3) is 0 Å². The van der Waals surface area contributed by atoms with Crippen molar-refractivity contribution in [2.24, 2.45) is 0 Å². The molecule has 1 N–H and O–H groups in total. The zero-order chi connectivity index (χ0) is 12.3. The maximum absolute atomic E-state index is 12.4. The lowest BCUT2D eigenvalue weighted by atomic mass is 10.3. The van der Waals surface area contributed by atoms with Crippen LogP contribution in [0.15, 0.2) is 18.3 Å². The van der Waals surface area contributed by atoms with Crippen LogP contribution in [-0.2, 0) is 0 Å². The van der Waals surface area contributed by atoms with Crippen LogP contribution in [0.3, 0.4) is 0 Å². The van der Waals surface area contributed by atoms with Gasteiger partial charge in [-0.05, 0) is 38.9 Å². The lowest BCUT2D eigenvalue weighted by Gasteiger charge is -2.22.